The van der Waals surface area contributed by atoms with Crippen LogP contribution in [0.1, 0.15) is 115 Å². The molecule has 0 saturated carbocycles. The van der Waals surface area contributed by atoms with Gasteiger partial charge < -0.3 is 27.9 Å². The molecule has 0 aromatic heterocycles. The van der Waals surface area contributed by atoms with E-state index in [1.54, 1.807) is 0 Å². The minimum Gasteiger partial charge on any atom is -0.756 e. The highest BCUT2D eigenvalue weighted by molar-refractivity contribution is 7.45. The summed E-state index contributed by atoms with van der Waals surface area (Å²) in [5.74, 6) is -0.367. The van der Waals surface area contributed by atoms with Crippen LogP contribution in [0.15, 0.2) is 30.3 Å². The van der Waals surface area contributed by atoms with Gasteiger partial charge in [-0.1, -0.05) is 127 Å². The van der Waals surface area contributed by atoms with Gasteiger partial charge in [0.2, 0.25) is 0 Å². The third-order valence-corrected chi connectivity index (χ3v) is 8.09. The molecule has 0 fully saturated rings. The predicted octanol–water partition coefficient (Wildman–Crippen LogP) is 7.58. The van der Waals surface area contributed by atoms with E-state index >= 15 is 0 Å². The number of benzene rings is 1. The number of rotatable bonds is 28. The highest BCUT2D eigenvalue weighted by Crippen LogP contribution is 2.38. The van der Waals surface area contributed by atoms with Crippen molar-refractivity contribution in [3.8, 4) is 0 Å². The Morgan fingerprint density at radius 3 is 1.83 bits per heavy atom. The number of carbonyl (C=O) groups is 1. The molecule has 0 N–H and O–H groups in total. The van der Waals surface area contributed by atoms with Crippen LogP contribution in [0.5, 0.6) is 0 Å². The normalized spacial score (nSPS) is 14.0. The number of ether oxygens (including phenoxy) is 2. The summed E-state index contributed by atoms with van der Waals surface area (Å²) >= 11 is 0. The molecule has 1 aromatic rings. The average molecular weight is 614 g/mol. The summed E-state index contributed by atoms with van der Waals surface area (Å²) in [6, 6.07) is 9.61. The molecule has 0 aliphatic heterocycles. The second kappa shape index (κ2) is 24.1. The molecule has 0 radical (unpaired) electrons. The number of carbonyl (C=O) groups excluding carboxylic acids is 1. The number of nitrogens with zero attached hydrogens (tertiary/aromatic N) is 1. The molecule has 2 atom stereocenters. The number of quaternary nitrogens is 1. The topological polar surface area (TPSA) is 94.1 Å². The van der Waals surface area contributed by atoms with Gasteiger partial charge in [-0.05, 0) is 12.0 Å². The fourth-order valence-electron chi connectivity index (χ4n) is 4.52. The van der Waals surface area contributed by atoms with Crippen molar-refractivity contribution < 1.29 is 37.3 Å². The monoisotopic (exact) mass is 613 g/mol. The number of phosphoric acid groups is 1. The molecule has 0 spiro atoms. The van der Waals surface area contributed by atoms with E-state index in [4.69, 9.17) is 18.5 Å². The van der Waals surface area contributed by atoms with Crippen LogP contribution in [0.2, 0.25) is 0 Å². The molecule has 42 heavy (non-hydrogen) atoms. The smallest absolute Gasteiger partial charge is 0.306 e. The first kappa shape index (κ1) is 38.7. The maximum Gasteiger partial charge on any atom is 0.306 e. The number of esters is 1. The summed E-state index contributed by atoms with van der Waals surface area (Å²) in [6.07, 6.45) is 18.3. The van der Waals surface area contributed by atoms with Gasteiger partial charge in [0.15, 0.2) is 0 Å². The van der Waals surface area contributed by atoms with E-state index in [1.165, 1.54) is 77.0 Å². The fourth-order valence-corrected chi connectivity index (χ4v) is 5.25. The van der Waals surface area contributed by atoms with Crippen molar-refractivity contribution in [3.63, 3.8) is 0 Å². The molecule has 0 aliphatic carbocycles. The van der Waals surface area contributed by atoms with Crippen molar-refractivity contribution in [1.82, 2.24) is 0 Å². The van der Waals surface area contributed by atoms with Crippen LogP contribution in [0.4, 0.5) is 0 Å². The van der Waals surface area contributed by atoms with E-state index in [-0.39, 0.29) is 25.8 Å². The Labute approximate surface area is 256 Å². The number of phosphoric ester groups is 1. The van der Waals surface area contributed by atoms with Crippen molar-refractivity contribution in [2.45, 2.75) is 122 Å². The lowest BCUT2D eigenvalue weighted by Crippen LogP contribution is -2.37. The van der Waals surface area contributed by atoms with Gasteiger partial charge in [0.05, 0.1) is 41.0 Å². The molecule has 1 aromatic carbocycles. The first-order valence-corrected chi connectivity index (χ1v) is 17.8. The second-order valence-electron chi connectivity index (χ2n) is 12.4. The van der Waals surface area contributed by atoms with Gasteiger partial charge >= 0.3 is 5.97 Å². The lowest BCUT2D eigenvalue weighted by Gasteiger charge is -2.28. The van der Waals surface area contributed by atoms with Crippen molar-refractivity contribution in [3.05, 3.63) is 35.9 Å². The number of unbranched alkanes of at least 4 members (excludes halogenated alkanes) is 14. The van der Waals surface area contributed by atoms with Gasteiger partial charge in [-0.2, -0.15) is 0 Å². The van der Waals surface area contributed by atoms with E-state index in [0.29, 0.717) is 24.1 Å². The highest BCUT2D eigenvalue weighted by atomic mass is 31.2. The quantitative estimate of drug-likeness (QED) is 0.0416. The summed E-state index contributed by atoms with van der Waals surface area (Å²) in [6.45, 7) is 2.79. The first-order chi connectivity index (χ1) is 20.1. The van der Waals surface area contributed by atoms with Crippen molar-refractivity contribution in [1.29, 1.82) is 0 Å². The average Bonchev–Trinajstić information content (AvgIpc) is 2.93. The molecular weight excluding hydrogens is 553 g/mol. The van der Waals surface area contributed by atoms with Crippen molar-refractivity contribution in [2.75, 3.05) is 47.5 Å². The van der Waals surface area contributed by atoms with Crippen LogP contribution in [0.25, 0.3) is 0 Å². The lowest BCUT2D eigenvalue weighted by molar-refractivity contribution is -0.870. The maximum absolute atomic E-state index is 12.5. The van der Waals surface area contributed by atoms with Crippen LogP contribution in [-0.4, -0.2) is 64.1 Å². The summed E-state index contributed by atoms with van der Waals surface area (Å²) in [7, 11) is 1.30. The first-order valence-electron chi connectivity index (χ1n) is 16.3. The highest BCUT2D eigenvalue weighted by Gasteiger charge is 2.20. The molecule has 0 amide bonds. The van der Waals surface area contributed by atoms with Gasteiger partial charge in [0, 0.05) is 6.42 Å². The third-order valence-electron chi connectivity index (χ3n) is 7.13. The predicted molar refractivity (Wildman–Crippen MR) is 168 cm³/mol. The van der Waals surface area contributed by atoms with Crippen LogP contribution in [0, 0.1) is 0 Å². The Balaban J connectivity index is 2.26. The molecule has 0 aliphatic rings. The van der Waals surface area contributed by atoms with E-state index in [1.807, 2.05) is 51.5 Å². The number of hydrogen-bond donors (Lipinski definition) is 0. The van der Waals surface area contributed by atoms with Gasteiger partial charge in [-0.25, -0.2) is 0 Å². The minimum absolute atomic E-state index is 0.0123. The Hall–Kier alpha value is -1.28. The zero-order valence-electron chi connectivity index (χ0n) is 27.1. The van der Waals surface area contributed by atoms with E-state index < -0.39 is 13.9 Å². The van der Waals surface area contributed by atoms with Gasteiger partial charge in [0.25, 0.3) is 7.82 Å². The Kier molecular flexibility index (Phi) is 22.2. The molecule has 1 unspecified atom stereocenters. The lowest BCUT2D eigenvalue weighted by atomic mass is 10.0. The minimum atomic E-state index is -4.53. The number of likely N-dealkylation sites (N-methyl/N-ethyl adjacent to an activating group) is 1. The van der Waals surface area contributed by atoms with E-state index in [0.717, 1.165) is 24.8 Å². The zero-order chi connectivity index (χ0) is 30.9. The standard InChI is InChI=1S/C33H60NO7P/c1-5-6-7-8-9-10-11-12-13-14-15-16-17-18-22-25-33(35)41-32(29-38-28-31-23-20-19-21-24-31)30-40-42(36,37)39-27-26-34(2,3)4/h19-21,23-24,32H,5-18,22,25-30H2,1-4H3/t32-/m0/s1. The van der Waals surface area contributed by atoms with Crippen molar-refractivity contribution in [2.24, 2.45) is 0 Å². The Morgan fingerprint density at radius 2 is 1.31 bits per heavy atom. The molecule has 9 heteroatoms. The van der Waals surface area contributed by atoms with E-state index in [2.05, 4.69) is 6.92 Å². The SMILES string of the molecule is CCCCCCCCCCCCCCCCCC(=O)O[C@@H](COCc1ccccc1)COP(=O)([O-])OCC[N+](C)(C)C. The summed E-state index contributed by atoms with van der Waals surface area (Å²) in [4.78, 5) is 24.7. The molecule has 8 nitrogen and oxygen atoms in total. The van der Waals surface area contributed by atoms with Gasteiger partial charge in [-0.15, -0.1) is 0 Å². The van der Waals surface area contributed by atoms with E-state index in [9.17, 15) is 14.3 Å². The fraction of sp³-hybridized carbons (Fsp3) is 0.788. The molecule has 244 valence electrons. The van der Waals surface area contributed by atoms with Crippen LogP contribution < -0.4 is 4.89 Å². The Morgan fingerprint density at radius 1 is 0.786 bits per heavy atom. The largest absolute Gasteiger partial charge is 0.756 e. The van der Waals surface area contributed by atoms with Crippen LogP contribution in [0.3, 0.4) is 0 Å². The Bertz CT molecular complexity index is 831. The summed E-state index contributed by atoms with van der Waals surface area (Å²) < 4.78 is 34.1. The summed E-state index contributed by atoms with van der Waals surface area (Å²) in [5, 5.41) is 0. The summed E-state index contributed by atoms with van der Waals surface area (Å²) in [5.41, 5.74) is 0.972. The van der Waals surface area contributed by atoms with Crippen molar-refractivity contribution >= 4 is 13.8 Å². The number of hydrogen-bond acceptors (Lipinski definition) is 7. The van der Waals surface area contributed by atoms with Gasteiger partial charge in [-0.3, -0.25) is 9.36 Å². The zero-order valence-corrected chi connectivity index (χ0v) is 28.0. The van der Waals surface area contributed by atoms with Crippen LogP contribution >= 0.6 is 7.82 Å². The molecule has 0 heterocycles. The molecule has 0 bridgehead atoms. The third kappa shape index (κ3) is 24.2. The molecular formula is C33H60NO7P. The second-order valence-corrected chi connectivity index (χ2v) is 13.8. The van der Waals surface area contributed by atoms with Crippen LogP contribution in [-0.2, 0) is 34.5 Å². The molecule has 1 rings (SSSR count). The van der Waals surface area contributed by atoms with Gasteiger partial charge in [0.1, 0.15) is 19.3 Å². The maximum atomic E-state index is 12.5. The molecule has 0 saturated heterocycles.